The van der Waals surface area contributed by atoms with Gasteiger partial charge in [0.2, 0.25) is 5.88 Å². The Balaban J connectivity index is 1.84. The molecule has 3 rings (SSSR count). The first-order valence-corrected chi connectivity index (χ1v) is 6.53. The van der Waals surface area contributed by atoms with Crippen LogP contribution in [0.4, 0.5) is 5.82 Å². The molecule has 2 aliphatic rings. The summed E-state index contributed by atoms with van der Waals surface area (Å²) in [5.41, 5.74) is 1.14. The fourth-order valence-electron chi connectivity index (χ4n) is 2.31. The molecule has 0 saturated carbocycles. The Morgan fingerprint density at radius 3 is 3.00 bits per heavy atom. The van der Waals surface area contributed by atoms with E-state index in [9.17, 15) is 0 Å². The Morgan fingerprint density at radius 2 is 2.17 bits per heavy atom. The van der Waals surface area contributed by atoms with Crippen molar-refractivity contribution in [3.63, 3.8) is 0 Å². The van der Waals surface area contributed by atoms with Gasteiger partial charge in [0.25, 0.3) is 0 Å². The Hall–Kier alpha value is -1.33. The molecule has 0 spiro atoms. The van der Waals surface area contributed by atoms with Gasteiger partial charge in [0, 0.05) is 31.7 Å². The van der Waals surface area contributed by atoms with Gasteiger partial charge >= 0.3 is 0 Å². The van der Waals surface area contributed by atoms with Crippen LogP contribution in [0.15, 0.2) is 12.1 Å². The van der Waals surface area contributed by atoms with Gasteiger partial charge in [0.15, 0.2) is 0 Å². The van der Waals surface area contributed by atoms with Crippen LogP contribution >= 0.6 is 0 Å². The molecule has 2 aliphatic heterocycles. The van der Waals surface area contributed by atoms with Gasteiger partial charge in [-0.3, -0.25) is 0 Å². The Labute approximate surface area is 107 Å². The van der Waals surface area contributed by atoms with E-state index in [1.807, 2.05) is 0 Å². The summed E-state index contributed by atoms with van der Waals surface area (Å²) < 4.78 is 11.2. The number of ether oxygens (including phenoxy) is 2. The van der Waals surface area contributed by atoms with E-state index in [-0.39, 0.29) is 6.10 Å². The van der Waals surface area contributed by atoms with Crippen LogP contribution in [0.3, 0.4) is 0 Å². The standard InChI is InChI=1S/C13H19N3O2/c1-10-8-14-9-11-2-3-12(15-13(11)18-10)16-4-6-17-7-5-16/h2-3,10,14H,4-9H2,1H3/t10-/m1/s1. The van der Waals surface area contributed by atoms with Gasteiger partial charge in [-0.15, -0.1) is 0 Å². The molecule has 0 aliphatic carbocycles. The van der Waals surface area contributed by atoms with E-state index in [2.05, 4.69) is 34.3 Å². The number of morpholine rings is 1. The van der Waals surface area contributed by atoms with Crippen LogP contribution in [0.25, 0.3) is 0 Å². The molecule has 0 aromatic carbocycles. The minimum atomic E-state index is 0.165. The topological polar surface area (TPSA) is 46.6 Å². The predicted molar refractivity (Wildman–Crippen MR) is 69.1 cm³/mol. The number of nitrogens with one attached hydrogen (secondary N) is 1. The molecular formula is C13H19N3O2. The molecule has 3 heterocycles. The molecular weight excluding hydrogens is 230 g/mol. The maximum Gasteiger partial charge on any atom is 0.220 e. The smallest absolute Gasteiger partial charge is 0.220 e. The summed E-state index contributed by atoms with van der Waals surface area (Å²) in [6.07, 6.45) is 0.165. The van der Waals surface area contributed by atoms with E-state index in [4.69, 9.17) is 9.47 Å². The number of fused-ring (bicyclic) bond motifs is 1. The highest BCUT2D eigenvalue weighted by atomic mass is 16.5. The molecule has 1 fully saturated rings. The van der Waals surface area contributed by atoms with Crippen LogP contribution in [0.2, 0.25) is 0 Å². The summed E-state index contributed by atoms with van der Waals surface area (Å²) in [5, 5.41) is 3.35. The second-order valence-electron chi connectivity index (χ2n) is 4.79. The summed E-state index contributed by atoms with van der Waals surface area (Å²) in [6, 6.07) is 4.18. The fourth-order valence-corrected chi connectivity index (χ4v) is 2.31. The third-order valence-corrected chi connectivity index (χ3v) is 3.32. The molecule has 98 valence electrons. The zero-order chi connectivity index (χ0) is 12.4. The van der Waals surface area contributed by atoms with Gasteiger partial charge in [-0.2, -0.15) is 4.98 Å². The number of rotatable bonds is 1. The van der Waals surface area contributed by atoms with E-state index >= 15 is 0 Å². The number of anilines is 1. The summed E-state index contributed by atoms with van der Waals surface area (Å²) >= 11 is 0. The normalized spacial score (nSPS) is 24.1. The van der Waals surface area contributed by atoms with Crippen LogP contribution < -0.4 is 15.0 Å². The number of pyridine rings is 1. The minimum Gasteiger partial charge on any atom is -0.473 e. The SMILES string of the molecule is C[C@@H]1CNCc2ccc(N3CCOCC3)nc2O1. The summed E-state index contributed by atoms with van der Waals surface area (Å²) in [6.45, 7) is 7.11. The predicted octanol–water partition coefficient (Wildman–Crippen LogP) is 0.789. The summed E-state index contributed by atoms with van der Waals surface area (Å²) in [5.74, 6) is 1.77. The molecule has 0 bridgehead atoms. The lowest BCUT2D eigenvalue weighted by atomic mass is 10.2. The monoisotopic (exact) mass is 249 g/mol. The summed E-state index contributed by atoms with van der Waals surface area (Å²) in [7, 11) is 0. The number of hydrogen-bond donors (Lipinski definition) is 1. The van der Waals surface area contributed by atoms with Gasteiger partial charge < -0.3 is 19.7 Å². The molecule has 0 radical (unpaired) electrons. The third kappa shape index (κ3) is 2.42. The van der Waals surface area contributed by atoms with E-state index in [0.29, 0.717) is 0 Å². The molecule has 1 saturated heterocycles. The second kappa shape index (κ2) is 5.12. The van der Waals surface area contributed by atoms with Crippen molar-refractivity contribution in [3.8, 4) is 5.88 Å². The molecule has 18 heavy (non-hydrogen) atoms. The fraction of sp³-hybridized carbons (Fsp3) is 0.615. The molecule has 1 atom stereocenters. The van der Waals surface area contributed by atoms with E-state index < -0.39 is 0 Å². The van der Waals surface area contributed by atoms with Crippen LogP contribution in [0, 0.1) is 0 Å². The molecule has 5 heteroatoms. The molecule has 5 nitrogen and oxygen atoms in total. The zero-order valence-electron chi connectivity index (χ0n) is 10.7. The average Bonchev–Trinajstić information content (AvgIpc) is 2.59. The number of nitrogens with zero attached hydrogens (tertiary/aromatic N) is 2. The first-order chi connectivity index (χ1) is 8.83. The highest BCUT2D eigenvalue weighted by molar-refractivity contribution is 5.44. The zero-order valence-corrected chi connectivity index (χ0v) is 10.7. The van der Waals surface area contributed by atoms with Crippen molar-refractivity contribution in [2.45, 2.75) is 19.6 Å². The maximum atomic E-state index is 5.86. The lowest BCUT2D eigenvalue weighted by molar-refractivity contribution is 0.122. The average molecular weight is 249 g/mol. The van der Waals surface area contributed by atoms with Crippen molar-refractivity contribution in [2.75, 3.05) is 37.7 Å². The van der Waals surface area contributed by atoms with Gasteiger partial charge in [0.05, 0.1) is 13.2 Å². The van der Waals surface area contributed by atoms with Crippen LogP contribution in [-0.2, 0) is 11.3 Å². The van der Waals surface area contributed by atoms with Gasteiger partial charge in [0.1, 0.15) is 11.9 Å². The highest BCUT2D eigenvalue weighted by Crippen LogP contribution is 2.24. The quantitative estimate of drug-likeness (QED) is 0.797. The Bertz CT molecular complexity index is 419. The van der Waals surface area contributed by atoms with Gasteiger partial charge in [-0.1, -0.05) is 0 Å². The van der Waals surface area contributed by atoms with Gasteiger partial charge in [-0.05, 0) is 19.1 Å². The number of aromatic nitrogens is 1. The van der Waals surface area contributed by atoms with Gasteiger partial charge in [-0.25, -0.2) is 0 Å². The van der Waals surface area contributed by atoms with Crippen LogP contribution in [-0.4, -0.2) is 43.9 Å². The van der Waals surface area contributed by atoms with Crippen LogP contribution in [0.1, 0.15) is 12.5 Å². The largest absolute Gasteiger partial charge is 0.473 e. The van der Waals surface area contributed by atoms with E-state index in [1.165, 1.54) is 0 Å². The second-order valence-corrected chi connectivity index (χ2v) is 4.79. The molecule has 1 N–H and O–H groups in total. The lowest BCUT2D eigenvalue weighted by Gasteiger charge is -2.28. The Kier molecular flexibility index (Phi) is 3.34. The summed E-state index contributed by atoms with van der Waals surface area (Å²) in [4.78, 5) is 6.90. The number of hydrogen-bond acceptors (Lipinski definition) is 5. The molecule has 0 unspecified atom stereocenters. The first kappa shape index (κ1) is 11.7. The van der Waals surface area contributed by atoms with Crippen molar-refractivity contribution >= 4 is 5.82 Å². The highest BCUT2D eigenvalue weighted by Gasteiger charge is 2.18. The Morgan fingerprint density at radius 1 is 1.33 bits per heavy atom. The maximum absolute atomic E-state index is 5.86. The first-order valence-electron chi connectivity index (χ1n) is 6.53. The van der Waals surface area contributed by atoms with E-state index in [0.717, 1.165) is 56.7 Å². The third-order valence-electron chi connectivity index (χ3n) is 3.32. The van der Waals surface area contributed by atoms with Crippen LogP contribution in [0.5, 0.6) is 5.88 Å². The van der Waals surface area contributed by atoms with Crippen molar-refractivity contribution in [3.05, 3.63) is 17.7 Å². The van der Waals surface area contributed by atoms with Crippen molar-refractivity contribution in [1.82, 2.24) is 10.3 Å². The lowest BCUT2D eigenvalue weighted by Crippen LogP contribution is -2.36. The van der Waals surface area contributed by atoms with Crippen molar-refractivity contribution in [1.29, 1.82) is 0 Å². The molecule has 1 aromatic heterocycles. The van der Waals surface area contributed by atoms with E-state index in [1.54, 1.807) is 0 Å². The minimum absolute atomic E-state index is 0.165. The van der Waals surface area contributed by atoms with Crippen molar-refractivity contribution < 1.29 is 9.47 Å². The molecule has 1 aromatic rings. The van der Waals surface area contributed by atoms with Crippen molar-refractivity contribution in [2.24, 2.45) is 0 Å². The molecule has 0 amide bonds.